The van der Waals surface area contributed by atoms with Crippen molar-refractivity contribution in [3.63, 3.8) is 0 Å². The first-order valence-corrected chi connectivity index (χ1v) is 7.99. The minimum atomic E-state index is -0.402. The number of hydrogen-bond donors (Lipinski definition) is 1. The molecule has 0 aliphatic rings. The molecule has 0 saturated carbocycles. The van der Waals surface area contributed by atoms with Crippen LogP contribution in [0.25, 0.3) is 22.0 Å². The van der Waals surface area contributed by atoms with Gasteiger partial charge in [-0.2, -0.15) is 4.98 Å². The molecule has 0 saturated heterocycles. The first-order valence-electron chi connectivity index (χ1n) is 7.61. The lowest BCUT2D eigenvalue weighted by atomic mass is 10.0. The Bertz CT molecular complexity index is 1040. The molecule has 0 atom stereocenters. The molecule has 1 N–H and O–H groups in total. The maximum Gasteiger partial charge on any atom is 0.224 e. The Morgan fingerprint density at radius 2 is 1.72 bits per heavy atom. The van der Waals surface area contributed by atoms with Crippen LogP contribution < -0.4 is 5.32 Å². The highest BCUT2D eigenvalue weighted by Crippen LogP contribution is 2.34. The van der Waals surface area contributed by atoms with Crippen LogP contribution in [0.1, 0.15) is 0 Å². The number of fused-ring (bicyclic) bond motifs is 1. The lowest BCUT2D eigenvalue weighted by Gasteiger charge is -2.12. The predicted octanol–water partition coefficient (Wildman–Crippen LogP) is 5.23. The molecule has 2 heterocycles. The van der Waals surface area contributed by atoms with E-state index < -0.39 is 5.82 Å². The molecule has 0 amide bonds. The molecule has 0 unspecified atom stereocenters. The van der Waals surface area contributed by atoms with Gasteiger partial charge in [-0.1, -0.05) is 42.5 Å². The van der Waals surface area contributed by atoms with Gasteiger partial charge in [-0.15, -0.1) is 0 Å². The topological polar surface area (TPSA) is 50.7 Å². The molecule has 2 aromatic heterocycles. The second kappa shape index (κ2) is 6.45. The number of halogens is 2. The fraction of sp³-hybridized carbons (Fsp3) is 0. The number of benzene rings is 2. The van der Waals surface area contributed by atoms with E-state index in [0.29, 0.717) is 17.2 Å². The van der Waals surface area contributed by atoms with Crippen molar-refractivity contribution in [2.45, 2.75) is 0 Å². The monoisotopic (exact) mass is 350 g/mol. The third-order valence-electron chi connectivity index (χ3n) is 3.75. The average Bonchev–Trinajstić information content (AvgIpc) is 2.63. The van der Waals surface area contributed by atoms with Gasteiger partial charge in [0.05, 0.1) is 17.1 Å². The zero-order chi connectivity index (χ0) is 17.2. The molecule has 122 valence electrons. The van der Waals surface area contributed by atoms with Crippen LogP contribution in [0.15, 0.2) is 66.9 Å². The highest BCUT2D eigenvalue weighted by Gasteiger charge is 2.13. The molecule has 0 radical (unpaired) electrons. The van der Waals surface area contributed by atoms with Crippen LogP contribution in [0, 0.1) is 5.82 Å². The maximum absolute atomic E-state index is 13.1. The van der Waals surface area contributed by atoms with E-state index in [-0.39, 0.29) is 5.28 Å². The summed E-state index contributed by atoms with van der Waals surface area (Å²) >= 11 is 6.07. The highest BCUT2D eigenvalue weighted by atomic mass is 35.5. The third kappa shape index (κ3) is 3.14. The van der Waals surface area contributed by atoms with Crippen molar-refractivity contribution in [3.05, 3.63) is 78.0 Å². The molecule has 4 aromatic rings. The van der Waals surface area contributed by atoms with Gasteiger partial charge < -0.3 is 5.32 Å². The number of pyridine rings is 1. The van der Waals surface area contributed by atoms with E-state index in [4.69, 9.17) is 11.6 Å². The number of nitrogens with one attached hydrogen (secondary N) is 1. The number of nitrogens with zero attached hydrogens (tertiary/aromatic N) is 3. The summed E-state index contributed by atoms with van der Waals surface area (Å²) in [6, 6.07) is 18.6. The van der Waals surface area contributed by atoms with Crippen molar-refractivity contribution < 1.29 is 4.39 Å². The highest BCUT2D eigenvalue weighted by molar-refractivity contribution is 6.29. The fourth-order valence-electron chi connectivity index (χ4n) is 2.67. The van der Waals surface area contributed by atoms with Crippen molar-refractivity contribution >= 4 is 34.1 Å². The second-order valence-corrected chi connectivity index (χ2v) is 5.73. The molecule has 2 aromatic carbocycles. The lowest BCUT2D eigenvalue weighted by molar-refractivity contribution is 0.622. The van der Waals surface area contributed by atoms with E-state index in [0.717, 1.165) is 22.7 Å². The summed E-state index contributed by atoms with van der Waals surface area (Å²) in [6.07, 6.45) is 1.14. The van der Waals surface area contributed by atoms with Crippen LogP contribution in [-0.4, -0.2) is 15.0 Å². The summed E-state index contributed by atoms with van der Waals surface area (Å²) < 4.78 is 13.1. The Kier molecular flexibility index (Phi) is 3.99. The smallest absolute Gasteiger partial charge is 0.224 e. The minimum absolute atomic E-state index is 0.127. The first-order chi connectivity index (χ1) is 12.2. The van der Waals surface area contributed by atoms with Crippen LogP contribution in [-0.2, 0) is 0 Å². The molecule has 6 heteroatoms. The summed E-state index contributed by atoms with van der Waals surface area (Å²) in [5.41, 5.74) is 2.72. The standard InChI is InChI=1S/C19H12ClFN4/c20-19-23-15-8-4-7-14(12-5-2-1-3-6-12)17(15)18(25-19)24-16-10-9-13(21)11-22-16/h1-11H,(H,22,23,24,25). The summed E-state index contributed by atoms with van der Waals surface area (Å²) in [6.45, 7) is 0. The zero-order valence-electron chi connectivity index (χ0n) is 12.9. The molecule has 4 nitrogen and oxygen atoms in total. The summed E-state index contributed by atoms with van der Waals surface area (Å²) in [4.78, 5) is 12.6. The molecule has 0 spiro atoms. The largest absolute Gasteiger partial charge is 0.324 e. The number of aromatic nitrogens is 3. The van der Waals surface area contributed by atoms with Gasteiger partial charge in [0.1, 0.15) is 17.5 Å². The second-order valence-electron chi connectivity index (χ2n) is 5.39. The quantitative estimate of drug-likeness (QED) is 0.514. The molecule has 4 rings (SSSR count). The van der Waals surface area contributed by atoms with E-state index in [1.165, 1.54) is 6.07 Å². The van der Waals surface area contributed by atoms with E-state index in [2.05, 4.69) is 20.3 Å². The minimum Gasteiger partial charge on any atom is -0.324 e. The third-order valence-corrected chi connectivity index (χ3v) is 3.92. The molecule has 25 heavy (non-hydrogen) atoms. The van der Waals surface area contributed by atoms with Crippen molar-refractivity contribution in [3.8, 4) is 11.1 Å². The first kappa shape index (κ1) is 15.5. The Morgan fingerprint density at radius 1 is 0.880 bits per heavy atom. The number of rotatable bonds is 3. The number of anilines is 2. The number of hydrogen-bond acceptors (Lipinski definition) is 4. The van der Waals surface area contributed by atoms with Gasteiger partial charge in [-0.3, -0.25) is 0 Å². The van der Waals surface area contributed by atoms with Crippen LogP contribution in [0.4, 0.5) is 16.0 Å². The van der Waals surface area contributed by atoms with Gasteiger partial charge in [0, 0.05) is 0 Å². The molecule has 0 bridgehead atoms. The zero-order valence-corrected chi connectivity index (χ0v) is 13.7. The van der Waals surface area contributed by atoms with Crippen molar-refractivity contribution in [1.29, 1.82) is 0 Å². The van der Waals surface area contributed by atoms with Gasteiger partial charge in [-0.05, 0) is 40.9 Å². The van der Waals surface area contributed by atoms with Crippen molar-refractivity contribution in [2.24, 2.45) is 0 Å². The summed E-state index contributed by atoms with van der Waals surface area (Å²) in [7, 11) is 0. The van der Waals surface area contributed by atoms with Crippen molar-refractivity contribution in [2.75, 3.05) is 5.32 Å². The predicted molar refractivity (Wildman–Crippen MR) is 97.5 cm³/mol. The summed E-state index contributed by atoms with van der Waals surface area (Å²) in [5.74, 6) is 0.593. The van der Waals surface area contributed by atoms with Crippen LogP contribution >= 0.6 is 11.6 Å². The lowest BCUT2D eigenvalue weighted by Crippen LogP contribution is -2.00. The molecular weight excluding hydrogens is 339 g/mol. The van der Waals surface area contributed by atoms with Crippen LogP contribution in [0.5, 0.6) is 0 Å². The maximum atomic E-state index is 13.1. The van der Waals surface area contributed by atoms with Gasteiger partial charge in [0.15, 0.2) is 0 Å². The van der Waals surface area contributed by atoms with Gasteiger partial charge in [0.2, 0.25) is 5.28 Å². The Morgan fingerprint density at radius 3 is 2.48 bits per heavy atom. The Labute approximate surface area is 148 Å². The van der Waals surface area contributed by atoms with E-state index in [1.54, 1.807) is 6.07 Å². The molecule has 0 aliphatic heterocycles. The summed E-state index contributed by atoms with van der Waals surface area (Å²) in [5, 5.41) is 4.06. The van der Waals surface area contributed by atoms with Gasteiger partial charge in [0.25, 0.3) is 0 Å². The van der Waals surface area contributed by atoms with Crippen molar-refractivity contribution in [1.82, 2.24) is 15.0 Å². The SMILES string of the molecule is Fc1ccc(Nc2nc(Cl)nc3cccc(-c4ccccc4)c23)nc1. The van der Waals surface area contributed by atoms with Crippen LogP contribution in [0.3, 0.4) is 0 Å². The molecule has 0 fully saturated rings. The van der Waals surface area contributed by atoms with Crippen LogP contribution in [0.2, 0.25) is 5.28 Å². The average molecular weight is 351 g/mol. The van der Waals surface area contributed by atoms with Gasteiger partial charge >= 0.3 is 0 Å². The van der Waals surface area contributed by atoms with Gasteiger partial charge in [-0.25, -0.2) is 14.4 Å². The molecular formula is C19H12ClFN4. The van der Waals surface area contributed by atoms with E-state index >= 15 is 0 Å². The molecule has 0 aliphatic carbocycles. The van der Waals surface area contributed by atoms with E-state index in [1.807, 2.05) is 48.5 Å². The fourth-order valence-corrected chi connectivity index (χ4v) is 2.85. The normalized spacial score (nSPS) is 10.8. The Balaban J connectivity index is 1.92. The van der Waals surface area contributed by atoms with E-state index in [9.17, 15) is 4.39 Å². The Hall–Kier alpha value is -3.05.